The third kappa shape index (κ3) is 3.36. The van der Waals surface area contributed by atoms with Crippen molar-refractivity contribution in [2.24, 2.45) is 5.92 Å². The molecule has 0 aliphatic heterocycles. The van der Waals surface area contributed by atoms with Crippen LogP contribution in [0.3, 0.4) is 0 Å². The summed E-state index contributed by atoms with van der Waals surface area (Å²) in [5.74, 6) is 0.567. The highest BCUT2D eigenvalue weighted by atomic mass is 28.4. The number of hydrogen-bond acceptors (Lipinski definition) is 4. The summed E-state index contributed by atoms with van der Waals surface area (Å²) in [6, 6.07) is 0. The Morgan fingerprint density at radius 3 is 1.69 bits per heavy atom. The highest BCUT2D eigenvalue weighted by Crippen LogP contribution is 2.12. The number of nitrogens with zero attached hydrogens (tertiary/aromatic N) is 1. The van der Waals surface area contributed by atoms with Gasteiger partial charge in [0.1, 0.15) is 0 Å². The summed E-state index contributed by atoms with van der Waals surface area (Å²) in [6.07, 6.45) is 0. The minimum Gasteiger partial charge on any atom is -0.364 e. The van der Waals surface area contributed by atoms with E-state index in [-0.39, 0.29) is 0 Å². The summed E-state index contributed by atoms with van der Waals surface area (Å²) in [5.41, 5.74) is 0. The number of hydrogen-bond donors (Lipinski definition) is 0. The van der Waals surface area contributed by atoms with Gasteiger partial charge in [-0.1, -0.05) is 13.8 Å². The topological polar surface area (TPSA) is 30.9 Å². The molecule has 5 heteroatoms. The highest BCUT2D eigenvalue weighted by Gasteiger charge is 2.44. The molecule has 0 saturated heterocycles. The van der Waals surface area contributed by atoms with Gasteiger partial charge in [-0.3, -0.25) is 4.57 Å². The zero-order valence-electron chi connectivity index (χ0n) is 9.46. The molecule has 0 N–H and O–H groups in total. The van der Waals surface area contributed by atoms with Crippen molar-refractivity contribution in [3.05, 3.63) is 0 Å². The molecule has 0 heterocycles. The second kappa shape index (κ2) is 5.72. The lowest BCUT2D eigenvalue weighted by Crippen LogP contribution is -2.58. The summed E-state index contributed by atoms with van der Waals surface area (Å²) in [7, 11) is 4.27. The quantitative estimate of drug-likeness (QED) is 0.607. The fourth-order valence-corrected chi connectivity index (χ4v) is 3.40. The lowest BCUT2D eigenvalue weighted by atomic mass is 10.2. The Morgan fingerprint density at radius 2 is 1.46 bits per heavy atom. The molecule has 0 atom stereocenters. The van der Waals surface area contributed by atoms with E-state index in [4.69, 9.17) is 13.3 Å². The van der Waals surface area contributed by atoms with Gasteiger partial charge in [0, 0.05) is 21.3 Å². The van der Waals surface area contributed by atoms with Crippen molar-refractivity contribution in [2.45, 2.75) is 13.8 Å². The van der Waals surface area contributed by atoms with Crippen molar-refractivity contribution in [3.8, 4) is 0 Å². The maximum Gasteiger partial charge on any atom is 0.598 e. The monoisotopic (exact) mass is 207 g/mol. The van der Waals surface area contributed by atoms with Crippen molar-refractivity contribution in [2.75, 3.05) is 34.9 Å². The van der Waals surface area contributed by atoms with Crippen LogP contribution < -0.4 is 0 Å². The first-order valence-corrected chi connectivity index (χ1v) is 6.06. The van der Waals surface area contributed by atoms with Crippen LogP contribution in [-0.2, 0) is 13.3 Å². The van der Waals surface area contributed by atoms with Crippen LogP contribution in [0.1, 0.15) is 13.8 Å². The third-order valence-corrected chi connectivity index (χ3v) is 4.55. The van der Waals surface area contributed by atoms with Gasteiger partial charge in [0.2, 0.25) is 0 Å². The molecule has 4 nitrogen and oxygen atoms in total. The van der Waals surface area contributed by atoms with Gasteiger partial charge < -0.3 is 13.3 Å². The molecule has 0 radical (unpaired) electrons. The molecule has 80 valence electrons. The smallest absolute Gasteiger partial charge is 0.364 e. The Morgan fingerprint density at radius 1 is 1.08 bits per heavy atom. The minimum atomic E-state index is -2.55. The molecular weight excluding hydrogens is 186 g/mol. The first-order chi connectivity index (χ1) is 6.02. The van der Waals surface area contributed by atoms with Gasteiger partial charge in [0.05, 0.1) is 0 Å². The highest BCUT2D eigenvalue weighted by molar-refractivity contribution is 6.57. The predicted octanol–water partition coefficient (Wildman–Crippen LogP) is 0.949. The van der Waals surface area contributed by atoms with Gasteiger partial charge in [-0.2, -0.15) is 0 Å². The molecule has 0 aliphatic carbocycles. The molecule has 0 aliphatic rings. The Hall–Kier alpha value is 0.0569. The standard InChI is InChI=1S/C8H21NO3Si/c1-8(2)7-9(3)13(10-4,11-5)12-6/h8H,7H2,1-6H3. The fraction of sp³-hybridized carbons (Fsp3) is 1.00. The normalized spacial score (nSPS) is 12.9. The van der Waals surface area contributed by atoms with Gasteiger partial charge in [-0.05, 0) is 19.5 Å². The van der Waals surface area contributed by atoms with Crippen LogP contribution in [0, 0.1) is 5.92 Å². The molecule has 0 bridgehead atoms. The Bertz CT molecular complexity index is 131. The first kappa shape index (κ1) is 13.1. The molecule has 0 aromatic carbocycles. The second-order valence-corrected chi connectivity index (χ2v) is 6.45. The van der Waals surface area contributed by atoms with Crippen molar-refractivity contribution < 1.29 is 13.3 Å². The van der Waals surface area contributed by atoms with E-state index in [2.05, 4.69) is 13.8 Å². The summed E-state index contributed by atoms with van der Waals surface area (Å²) < 4.78 is 18.0. The summed E-state index contributed by atoms with van der Waals surface area (Å²) in [6.45, 7) is 5.20. The van der Waals surface area contributed by atoms with Crippen LogP contribution in [0.15, 0.2) is 0 Å². The maximum absolute atomic E-state index is 5.32. The van der Waals surface area contributed by atoms with Gasteiger partial charge in [-0.25, -0.2) is 0 Å². The molecule has 0 spiro atoms. The predicted molar refractivity (Wildman–Crippen MR) is 54.2 cm³/mol. The van der Waals surface area contributed by atoms with E-state index in [0.29, 0.717) is 5.92 Å². The van der Waals surface area contributed by atoms with E-state index in [1.807, 2.05) is 11.6 Å². The average molecular weight is 207 g/mol. The van der Waals surface area contributed by atoms with E-state index in [9.17, 15) is 0 Å². The SMILES string of the molecule is CO[Si](OC)(OC)N(C)CC(C)C. The molecule has 13 heavy (non-hydrogen) atoms. The van der Waals surface area contributed by atoms with E-state index in [0.717, 1.165) is 6.54 Å². The van der Waals surface area contributed by atoms with Crippen LogP contribution in [0.5, 0.6) is 0 Å². The molecule has 0 fully saturated rings. The van der Waals surface area contributed by atoms with Gasteiger partial charge in [-0.15, -0.1) is 0 Å². The van der Waals surface area contributed by atoms with Gasteiger partial charge >= 0.3 is 8.97 Å². The van der Waals surface area contributed by atoms with E-state index < -0.39 is 8.97 Å². The van der Waals surface area contributed by atoms with E-state index in [1.54, 1.807) is 21.3 Å². The molecule has 0 rings (SSSR count). The zero-order chi connectivity index (χ0) is 10.5. The minimum absolute atomic E-state index is 0.567. The Kier molecular flexibility index (Phi) is 5.74. The summed E-state index contributed by atoms with van der Waals surface area (Å²) in [4.78, 5) is 0. The van der Waals surface area contributed by atoms with Crippen molar-refractivity contribution in [3.63, 3.8) is 0 Å². The maximum atomic E-state index is 5.32. The number of rotatable bonds is 6. The zero-order valence-corrected chi connectivity index (χ0v) is 10.5. The molecule has 0 unspecified atom stereocenters. The van der Waals surface area contributed by atoms with E-state index in [1.165, 1.54) is 0 Å². The Balaban J connectivity index is 4.34. The van der Waals surface area contributed by atoms with Crippen LogP contribution in [-0.4, -0.2) is 48.5 Å². The summed E-state index contributed by atoms with van der Waals surface area (Å²) in [5, 5.41) is 0. The largest absolute Gasteiger partial charge is 0.598 e. The molecule has 0 aromatic rings. The molecule has 0 amide bonds. The lowest BCUT2D eigenvalue weighted by Gasteiger charge is -2.33. The van der Waals surface area contributed by atoms with E-state index >= 15 is 0 Å². The average Bonchev–Trinajstić information content (AvgIpc) is 2.07. The van der Waals surface area contributed by atoms with Gasteiger partial charge in [0.25, 0.3) is 0 Å². The third-order valence-electron chi connectivity index (χ3n) is 1.88. The fourth-order valence-electron chi connectivity index (χ4n) is 1.38. The van der Waals surface area contributed by atoms with Crippen molar-refractivity contribution >= 4 is 8.97 Å². The second-order valence-electron chi connectivity index (χ2n) is 3.41. The summed E-state index contributed by atoms with van der Waals surface area (Å²) >= 11 is 0. The lowest BCUT2D eigenvalue weighted by molar-refractivity contribution is 0.0628. The van der Waals surface area contributed by atoms with Crippen molar-refractivity contribution in [1.29, 1.82) is 0 Å². The van der Waals surface area contributed by atoms with Crippen LogP contribution in [0.25, 0.3) is 0 Å². The van der Waals surface area contributed by atoms with Crippen LogP contribution >= 0.6 is 0 Å². The molecular formula is C8H21NO3Si. The van der Waals surface area contributed by atoms with Crippen LogP contribution in [0.4, 0.5) is 0 Å². The van der Waals surface area contributed by atoms with Crippen LogP contribution in [0.2, 0.25) is 0 Å². The Labute approximate surface area is 82.2 Å². The molecule has 0 aromatic heterocycles. The van der Waals surface area contributed by atoms with Gasteiger partial charge in [0.15, 0.2) is 0 Å². The van der Waals surface area contributed by atoms with Crippen molar-refractivity contribution in [1.82, 2.24) is 4.57 Å². The molecule has 0 saturated carbocycles. The first-order valence-electron chi connectivity index (χ1n) is 4.39.